The lowest BCUT2D eigenvalue weighted by molar-refractivity contribution is 0.660. The van der Waals surface area contributed by atoms with Crippen LogP contribution in [0.15, 0.2) is 71.7 Å². The van der Waals surface area contributed by atoms with Gasteiger partial charge in [-0.1, -0.05) is 95.4 Å². The smallest absolute Gasteiger partial charge is 0.107 e. The van der Waals surface area contributed by atoms with Gasteiger partial charge in [-0.05, 0) is 10.0 Å². The molecule has 0 aliphatic rings. The van der Waals surface area contributed by atoms with Gasteiger partial charge in [-0.2, -0.15) is 0 Å². The van der Waals surface area contributed by atoms with E-state index < -0.39 is 0 Å². The van der Waals surface area contributed by atoms with Crippen molar-refractivity contribution in [3.8, 4) is 0 Å². The first-order chi connectivity index (χ1) is 9.66. The highest BCUT2D eigenvalue weighted by atomic mass is 79.9. The standard InChI is InChI=1S/C17H16BrNS/c1-13(18)12-16(14-8-4-2-5-9-14)19-17(20)15-10-6-3-7-11-15/h2-11,16H,1,12H2,(H,19,20). The Hall–Kier alpha value is -1.45. The first-order valence-corrected chi connectivity index (χ1v) is 7.61. The molecule has 0 bridgehead atoms. The fraction of sp³-hybridized carbons (Fsp3) is 0.118. The second-order valence-electron chi connectivity index (χ2n) is 4.52. The van der Waals surface area contributed by atoms with E-state index in [1.54, 1.807) is 0 Å². The van der Waals surface area contributed by atoms with Crippen LogP contribution < -0.4 is 5.32 Å². The van der Waals surface area contributed by atoms with Crippen LogP contribution in [-0.2, 0) is 0 Å². The summed E-state index contributed by atoms with van der Waals surface area (Å²) in [5.41, 5.74) is 2.23. The fourth-order valence-corrected chi connectivity index (χ4v) is 2.59. The summed E-state index contributed by atoms with van der Waals surface area (Å²) in [4.78, 5) is 0.758. The number of rotatable bonds is 5. The summed E-state index contributed by atoms with van der Waals surface area (Å²) >= 11 is 8.93. The Kier molecular flexibility index (Phi) is 5.50. The minimum atomic E-state index is 0.121. The van der Waals surface area contributed by atoms with E-state index in [9.17, 15) is 0 Å². The molecule has 2 aromatic carbocycles. The van der Waals surface area contributed by atoms with Crippen LogP contribution in [0.2, 0.25) is 0 Å². The predicted octanol–water partition coefficient (Wildman–Crippen LogP) is 4.99. The van der Waals surface area contributed by atoms with Crippen LogP contribution in [0.5, 0.6) is 0 Å². The van der Waals surface area contributed by atoms with Crippen molar-refractivity contribution in [3.05, 3.63) is 82.9 Å². The normalized spacial score (nSPS) is 11.7. The number of nitrogens with one attached hydrogen (secondary N) is 1. The Bertz CT molecular complexity index is 580. The maximum absolute atomic E-state index is 5.49. The molecule has 2 rings (SSSR count). The molecule has 0 saturated carbocycles. The average molecular weight is 346 g/mol. The van der Waals surface area contributed by atoms with Crippen LogP contribution in [0, 0.1) is 0 Å². The summed E-state index contributed by atoms with van der Waals surface area (Å²) in [7, 11) is 0. The molecule has 20 heavy (non-hydrogen) atoms. The molecular weight excluding hydrogens is 330 g/mol. The lowest BCUT2D eigenvalue weighted by Crippen LogP contribution is -2.27. The molecule has 1 N–H and O–H groups in total. The minimum absolute atomic E-state index is 0.121. The molecule has 0 spiro atoms. The summed E-state index contributed by atoms with van der Waals surface area (Å²) in [5, 5.41) is 3.42. The molecule has 102 valence electrons. The number of thiocarbonyl (C=S) groups is 1. The van der Waals surface area contributed by atoms with Gasteiger partial charge in [-0.3, -0.25) is 0 Å². The van der Waals surface area contributed by atoms with Crippen molar-refractivity contribution in [2.75, 3.05) is 0 Å². The molecule has 0 fully saturated rings. The molecule has 1 atom stereocenters. The molecule has 0 aromatic heterocycles. The summed E-state index contributed by atoms with van der Waals surface area (Å²) in [6.45, 7) is 3.93. The molecule has 0 saturated heterocycles. The first-order valence-electron chi connectivity index (χ1n) is 6.41. The van der Waals surface area contributed by atoms with Gasteiger partial charge in [0.1, 0.15) is 4.99 Å². The molecule has 0 aliphatic heterocycles. The van der Waals surface area contributed by atoms with Gasteiger partial charge < -0.3 is 5.32 Å². The molecule has 2 aromatic rings. The van der Waals surface area contributed by atoms with E-state index in [1.165, 1.54) is 5.56 Å². The van der Waals surface area contributed by atoms with Crippen LogP contribution in [0.25, 0.3) is 0 Å². The van der Waals surface area contributed by atoms with E-state index in [2.05, 4.69) is 40.0 Å². The van der Waals surface area contributed by atoms with Crippen LogP contribution in [0.4, 0.5) is 0 Å². The number of halogens is 1. The van der Waals surface area contributed by atoms with E-state index in [-0.39, 0.29) is 6.04 Å². The van der Waals surface area contributed by atoms with Crippen molar-refractivity contribution < 1.29 is 0 Å². The number of hydrogen-bond donors (Lipinski definition) is 1. The minimum Gasteiger partial charge on any atom is -0.369 e. The summed E-state index contributed by atoms with van der Waals surface area (Å²) in [6, 6.07) is 20.4. The Labute approximate surface area is 133 Å². The molecular formula is C17H16BrNS. The average Bonchev–Trinajstić information content (AvgIpc) is 2.48. The van der Waals surface area contributed by atoms with Gasteiger partial charge in [0, 0.05) is 12.0 Å². The van der Waals surface area contributed by atoms with Crippen LogP contribution in [0.1, 0.15) is 23.6 Å². The van der Waals surface area contributed by atoms with E-state index in [0.29, 0.717) is 0 Å². The third-order valence-corrected chi connectivity index (χ3v) is 3.65. The maximum Gasteiger partial charge on any atom is 0.107 e. The van der Waals surface area contributed by atoms with Crippen LogP contribution in [0.3, 0.4) is 0 Å². The summed E-state index contributed by atoms with van der Waals surface area (Å²) in [6.07, 6.45) is 0.789. The highest BCUT2D eigenvalue weighted by Crippen LogP contribution is 2.23. The zero-order chi connectivity index (χ0) is 14.4. The van der Waals surface area contributed by atoms with Gasteiger partial charge in [-0.25, -0.2) is 0 Å². The molecule has 1 nitrogen and oxygen atoms in total. The molecule has 0 amide bonds. The van der Waals surface area contributed by atoms with Crippen molar-refractivity contribution in [2.24, 2.45) is 0 Å². The summed E-state index contributed by atoms with van der Waals surface area (Å²) in [5.74, 6) is 0. The van der Waals surface area contributed by atoms with E-state index in [1.807, 2.05) is 48.5 Å². The quantitative estimate of drug-likeness (QED) is 0.766. The lowest BCUT2D eigenvalue weighted by Gasteiger charge is -2.20. The second kappa shape index (κ2) is 7.36. The van der Waals surface area contributed by atoms with Gasteiger partial charge in [0.05, 0.1) is 6.04 Å². The number of benzene rings is 2. The van der Waals surface area contributed by atoms with E-state index in [0.717, 1.165) is 21.5 Å². The Morgan fingerprint density at radius 3 is 2.15 bits per heavy atom. The zero-order valence-electron chi connectivity index (χ0n) is 11.1. The Balaban J connectivity index is 2.16. The van der Waals surface area contributed by atoms with Gasteiger partial charge in [0.2, 0.25) is 0 Å². The number of hydrogen-bond acceptors (Lipinski definition) is 1. The van der Waals surface area contributed by atoms with Gasteiger partial charge >= 0.3 is 0 Å². The van der Waals surface area contributed by atoms with Crippen LogP contribution in [-0.4, -0.2) is 4.99 Å². The molecule has 0 aliphatic carbocycles. The fourth-order valence-electron chi connectivity index (χ4n) is 1.99. The lowest BCUT2D eigenvalue weighted by atomic mass is 10.0. The highest BCUT2D eigenvalue weighted by Gasteiger charge is 2.13. The van der Waals surface area contributed by atoms with Crippen molar-refractivity contribution in [1.82, 2.24) is 5.32 Å². The third kappa shape index (κ3) is 4.29. The van der Waals surface area contributed by atoms with Gasteiger partial charge in [0.25, 0.3) is 0 Å². The molecule has 3 heteroatoms. The van der Waals surface area contributed by atoms with Crippen molar-refractivity contribution >= 4 is 33.1 Å². The van der Waals surface area contributed by atoms with E-state index >= 15 is 0 Å². The van der Waals surface area contributed by atoms with Crippen LogP contribution >= 0.6 is 28.1 Å². The molecule has 0 heterocycles. The SMILES string of the molecule is C=C(Br)CC(NC(=S)c1ccccc1)c1ccccc1. The predicted molar refractivity (Wildman–Crippen MR) is 93.1 cm³/mol. The van der Waals surface area contributed by atoms with Crippen molar-refractivity contribution in [2.45, 2.75) is 12.5 Å². The van der Waals surface area contributed by atoms with Gasteiger partial charge in [0.15, 0.2) is 0 Å². The topological polar surface area (TPSA) is 12.0 Å². The largest absolute Gasteiger partial charge is 0.369 e. The Morgan fingerprint density at radius 1 is 1.05 bits per heavy atom. The first kappa shape index (κ1) is 14.9. The maximum atomic E-state index is 5.49. The zero-order valence-corrected chi connectivity index (χ0v) is 13.5. The third-order valence-electron chi connectivity index (χ3n) is 2.97. The molecule has 0 radical (unpaired) electrons. The summed E-state index contributed by atoms with van der Waals surface area (Å²) < 4.78 is 0.953. The molecule has 1 unspecified atom stereocenters. The van der Waals surface area contributed by atoms with Gasteiger partial charge in [-0.15, -0.1) is 0 Å². The highest BCUT2D eigenvalue weighted by molar-refractivity contribution is 9.11. The van der Waals surface area contributed by atoms with Crippen molar-refractivity contribution in [1.29, 1.82) is 0 Å². The monoisotopic (exact) mass is 345 g/mol. The van der Waals surface area contributed by atoms with E-state index in [4.69, 9.17) is 12.2 Å². The second-order valence-corrected chi connectivity index (χ2v) is 6.05. The van der Waals surface area contributed by atoms with Crippen molar-refractivity contribution in [3.63, 3.8) is 0 Å². The Morgan fingerprint density at radius 2 is 1.60 bits per heavy atom.